The molecule has 2 N–H and O–H groups in total. The van der Waals surface area contributed by atoms with Gasteiger partial charge in [0.2, 0.25) is 17.7 Å². The summed E-state index contributed by atoms with van der Waals surface area (Å²) in [7, 11) is -2.38. The van der Waals surface area contributed by atoms with E-state index >= 15 is 0 Å². The zero-order valence-corrected chi connectivity index (χ0v) is 24.3. The van der Waals surface area contributed by atoms with Gasteiger partial charge in [0, 0.05) is 31.1 Å². The van der Waals surface area contributed by atoms with Crippen molar-refractivity contribution in [3.8, 4) is 11.1 Å². The van der Waals surface area contributed by atoms with E-state index in [2.05, 4.69) is 15.2 Å². The molecule has 0 spiro atoms. The van der Waals surface area contributed by atoms with E-state index < -0.39 is 16.1 Å². The minimum Gasteiger partial charge on any atom is -0.357 e. The quantitative estimate of drug-likeness (QED) is 0.323. The molecule has 10 heteroatoms. The first-order valence-electron chi connectivity index (χ1n) is 13.1. The second kappa shape index (κ2) is 12.9. The minimum absolute atomic E-state index is 0.0729. The van der Waals surface area contributed by atoms with Crippen molar-refractivity contribution in [2.24, 2.45) is 5.92 Å². The number of aromatic nitrogens is 1. The third-order valence-electron chi connectivity index (χ3n) is 6.58. The van der Waals surface area contributed by atoms with Gasteiger partial charge in [-0.05, 0) is 49.8 Å². The molecule has 0 aliphatic heterocycles. The Hall–Kier alpha value is -3.66. The number of nitrogens with one attached hydrogen (secondary N) is 2. The van der Waals surface area contributed by atoms with Crippen molar-refractivity contribution >= 4 is 27.7 Å². The SMILES string of the molecule is CCCC(=O)N(Cc1ccc(-c2ccccc2S(=O)(=O)Nc2onc(C)c2C)cc1)C(CC(C)C)C(=O)NC. The van der Waals surface area contributed by atoms with Gasteiger partial charge < -0.3 is 14.7 Å². The topological polar surface area (TPSA) is 122 Å². The number of nitrogens with zero attached hydrogens (tertiary/aromatic N) is 2. The van der Waals surface area contributed by atoms with Gasteiger partial charge in [0.15, 0.2) is 0 Å². The molecule has 0 bridgehead atoms. The standard InChI is InChI=1S/C29H38N4O5S/c1-7-10-27(34)33(25(17-19(2)3)28(35)30-6)18-22-13-15-23(16-14-22)24-11-8-9-12-26(24)39(36,37)32-29-20(4)21(5)31-38-29/h8-9,11-16,19,25,32H,7,10,17-18H2,1-6H3,(H,30,35). The highest BCUT2D eigenvalue weighted by atomic mass is 32.2. The molecule has 1 aromatic heterocycles. The molecule has 0 fully saturated rings. The third-order valence-corrected chi connectivity index (χ3v) is 7.97. The van der Waals surface area contributed by atoms with Crippen LogP contribution in [0, 0.1) is 19.8 Å². The van der Waals surface area contributed by atoms with E-state index in [4.69, 9.17) is 4.52 Å². The van der Waals surface area contributed by atoms with Gasteiger partial charge in [-0.1, -0.05) is 68.4 Å². The molecule has 210 valence electrons. The highest BCUT2D eigenvalue weighted by Gasteiger charge is 2.30. The smallest absolute Gasteiger partial charge is 0.264 e. The number of anilines is 1. The maximum absolute atomic E-state index is 13.3. The normalized spacial score (nSPS) is 12.3. The highest BCUT2D eigenvalue weighted by molar-refractivity contribution is 7.92. The molecule has 0 saturated heterocycles. The van der Waals surface area contributed by atoms with Crippen LogP contribution in [0.15, 0.2) is 57.9 Å². The summed E-state index contributed by atoms with van der Waals surface area (Å²) in [5.41, 5.74) is 3.28. The fourth-order valence-corrected chi connectivity index (χ4v) is 5.61. The lowest BCUT2D eigenvalue weighted by atomic mass is 9.99. The van der Waals surface area contributed by atoms with Crippen molar-refractivity contribution < 1.29 is 22.5 Å². The van der Waals surface area contributed by atoms with Crippen molar-refractivity contribution in [1.29, 1.82) is 0 Å². The summed E-state index contributed by atoms with van der Waals surface area (Å²) < 4.78 is 34.2. The predicted molar refractivity (Wildman–Crippen MR) is 151 cm³/mol. The molecule has 0 radical (unpaired) electrons. The number of amides is 2. The predicted octanol–water partition coefficient (Wildman–Crippen LogP) is 5.05. The van der Waals surface area contributed by atoms with E-state index in [1.165, 1.54) is 6.07 Å². The van der Waals surface area contributed by atoms with Crippen molar-refractivity contribution in [3.05, 3.63) is 65.4 Å². The average molecular weight is 555 g/mol. The van der Waals surface area contributed by atoms with Crippen LogP contribution in [0.1, 0.15) is 56.9 Å². The van der Waals surface area contributed by atoms with Gasteiger partial charge in [0.1, 0.15) is 6.04 Å². The van der Waals surface area contributed by atoms with E-state index in [0.29, 0.717) is 41.6 Å². The van der Waals surface area contributed by atoms with E-state index in [-0.39, 0.29) is 35.1 Å². The van der Waals surface area contributed by atoms with Crippen LogP contribution in [-0.2, 0) is 26.2 Å². The number of aryl methyl sites for hydroxylation is 1. The van der Waals surface area contributed by atoms with E-state index in [0.717, 1.165) is 5.56 Å². The lowest BCUT2D eigenvalue weighted by Gasteiger charge is -2.32. The van der Waals surface area contributed by atoms with E-state index in [1.54, 1.807) is 44.0 Å². The summed E-state index contributed by atoms with van der Waals surface area (Å²) in [5, 5.41) is 6.52. The Morgan fingerprint density at radius 1 is 1.05 bits per heavy atom. The third kappa shape index (κ3) is 7.26. The van der Waals surface area contributed by atoms with Crippen LogP contribution in [0.5, 0.6) is 0 Å². The summed E-state index contributed by atoms with van der Waals surface area (Å²) in [6.45, 7) is 9.74. The number of hydrogen-bond acceptors (Lipinski definition) is 6. The largest absolute Gasteiger partial charge is 0.357 e. The van der Waals surface area contributed by atoms with Crippen LogP contribution in [0.3, 0.4) is 0 Å². The van der Waals surface area contributed by atoms with Crippen molar-refractivity contribution in [1.82, 2.24) is 15.4 Å². The molecule has 9 nitrogen and oxygen atoms in total. The van der Waals surface area contributed by atoms with Gasteiger partial charge in [-0.15, -0.1) is 0 Å². The van der Waals surface area contributed by atoms with Crippen LogP contribution in [-0.4, -0.2) is 43.4 Å². The molecule has 1 atom stereocenters. The molecule has 1 heterocycles. The zero-order valence-electron chi connectivity index (χ0n) is 23.4. The van der Waals surface area contributed by atoms with Gasteiger partial charge in [0.25, 0.3) is 10.0 Å². The Bertz CT molecular complexity index is 1400. The minimum atomic E-state index is -3.96. The Kier molecular flexibility index (Phi) is 9.91. The molecule has 1 unspecified atom stereocenters. The van der Waals surface area contributed by atoms with Crippen molar-refractivity contribution in [3.63, 3.8) is 0 Å². The molecule has 3 aromatic rings. The van der Waals surface area contributed by atoms with Crippen molar-refractivity contribution in [2.75, 3.05) is 11.8 Å². The Balaban J connectivity index is 1.91. The number of sulfonamides is 1. The number of rotatable bonds is 12. The van der Waals surface area contributed by atoms with Crippen LogP contribution in [0.25, 0.3) is 11.1 Å². The highest BCUT2D eigenvalue weighted by Crippen LogP contribution is 2.30. The lowest BCUT2D eigenvalue weighted by Crippen LogP contribution is -2.49. The van der Waals surface area contributed by atoms with Gasteiger partial charge in [-0.2, -0.15) is 0 Å². The Morgan fingerprint density at radius 3 is 2.28 bits per heavy atom. The van der Waals surface area contributed by atoms with Gasteiger partial charge in [-0.25, -0.2) is 13.1 Å². The average Bonchev–Trinajstić information content (AvgIpc) is 3.22. The molecule has 2 amide bonds. The first-order chi connectivity index (χ1) is 18.5. The molecule has 0 saturated carbocycles. The maximum Gasteiger partial charge on any atom is 0.264 e. The Morgan fingerprint density at radius 2 is 1.72 bits per heavy atom. The summed E-state index contributed by atoms with van der Waals surface area (Å²) in [5.74, 6) is 0.0507. The molecule has 39 heavy (non-hydrogen) atoms. The number of likely N-dealkylation sites (N-methyl/N-ethyl adjacent to an activating group) is 1. The first-order valence-corrected chi connectivity index (χ1v) is 14.6. The summed E-state index contributed by atoms with van der Waals surface area (Å²) in [6.07, 6.45) is 1.59. The summed E-state index contributed by atoms with van der Waals surface area (Å²) >= 11 is 0. The second-order valence-corrected chi connectivity index (χ2v) is 11.7. The van der Waals surface area contributed by atoms with Crippen LogP contribution >= 0.6 is 0 Å². The summed E-state index contributed by atoms with van der Waals surface area (Å²) in [6, 6.07) is 13.5. The lowest BCUT2D eigenvalue weighted by molar-refractivity contribution is -0.141. The van der Waals surface area contributed by atoms with E-state index in [1.807, 2.05) is 45.0 Å². The molecule has 3 rings (SSSR count). The number of carbonyl (C=O) groups is 2. The molecule has 2 aromatic carbocycles. The molecular weight excluding hydrogens is 516 g/mol. The molecule has 0 aliphatic carbocycles. The van der Waals surface area contributed by atoms with Crippen molar-refractivity contribution in [2.45, 2.75) is 71.4 Å². The fourth-order valence-electron chi connectivity index (χ4n) is 4.33. The fraction of sp³-hybridized carbons (Fsp3) is 0.414. The van der Waals surface area contributed by atoms with Crippen LogP contribution in [0.2, 0.25) is 0 Å². The van der Waals surface area contributed by atoms with Crippen LogP contribution < -0.4 is 10.0 Å². The second-order valence-electron chi connectivity index (χ2n) is 10.1. The van der Waals surface area contributed by atoms with Crippen LogP contribution in [0.4, 0.5) is 5.88 Å². The van der Waals surface area contributed by atoms with Gasteiger partial charge >= 0.3 is 0 Å². The van der Waals surface area contributed by atoms with Gasteiger partial charge in [-0.3, -0.25) is 9.59 Å². The maximum atomic E-state index is 13.3. The first kappa shape index (κ1) is 29.9. The van der Waals surface area contributed by atoms with E-state index in [9.17, 15) is 18.0 Å². The number of hydrogen-bond donors (Lipinski definition) is 2. The Labute approximate surface area is 231 Å². The molecular formula is C29H38N4O5S. The zero-order chi connectivity index (χ0) is 28.7. The number of carbonyl (C=O) groups excluding carboxylic acids is 2. The summed E-state index contributed by atoms with van der Waals surface area (Å²) in [4.78, 5) is 27.6. The monoisotopic (exact) mass is 554 g/mol. The molecule has 0 aliphatic rings. The number of benzene rings is 2. The van der Waals surface area contributed by atoms with Gasteiger partial charge in [0.05, 0.1) is 10.6 Å².